The molecule has 1 aromatic rings. The number of carboxylic acids is 1. The summed E-state index contributed by atoms with van der Waals surface area (Å²) in [6.45, 7) is 2.06. The zero-order valence-electron chi connectivity index (χ0n) is 15.0. The number of amides is 2. The Balaban J connectivity index is 2.02. The molecule has 0 bridgehead atoms. The zero-order chi connectivity index (χ0) is 20.0. The van der Waals surface area contributed by atoms with Crippen molar-refractivity contribution < 1.29 is 29.7 Å². The molecule has 1 heterocycles. The standard InChI is InChI=1S/C18H25N3O6/c1-10(22)15(21-16(24)13-3-2-8-19-13)17(25)20-14(18(26)27)9-11-4-6-12(23)7-5-11/h4-7,10,13-15,19,22-23H,2-3,8-9H2,1H3,(H,20,25)(H,21,24)(H,26,27)/t10-,13+,14+,15+/m1/s1. The molecule has 2 amide bonds. The van der Waals surface area contributed by atoms with E-state index in [1.807, 2.05) is 0 Å². The summed E-state index contributed by atoms with van der Waals surface area (Å²) >= 11 is 0. The first kappa shape index (κ1) is 20.7. The minimum absolute atomic E-state index is 0.00793. The fourth-order valence-electron chi connectivity index (χ4n) is 2.90. The average molecular weight is 379 g/mol. The zero-order valence-corrected chi connectivity index (χ0v) is 15.0. The summed E-state index contributed by atoms with van der Waals surface area (Å²) < 4.78 is 0. The molecule has 0 unspecified atom stereocenters. The van der Waals surface area contributed by atoms with Crippen LogP contribution < -0.4 is 16.0 Å². The number of carbonyl (C=O) groups is 3. The van der Waals surface area contributed by atoms with Gasteiger partial charge in [-0.05, 0) is 44.0 Å². The van der Waals surface area contributed by atoms with E-state index in [2.05, 4.69) is 16.0 Å². The highest BCUT2D eigenvalue weighted by Crippen LogP contribution is 2.12. The molecule has 148 valence electrons. The molecule has 1 saturated heterocycles. The fraction of sp³-hybridized carbons (Fsp3) is 0.500. The summed E-state index contributed by atoms with van der Waals surface area (Å²) in [5.41, 5.74) is 0.605. The van der Waals surface area contributed by atoms with Crippen molar-refractivity contribution in [1.29, 1.82) is 0 Å². The van der Waals surface area contributed by atoms with E-state index in [-0.39, 0.29) is 12.2 Å². The highest BCUT2D eigenvalue weighted by atomic mass is 16.4. The van der Waals surface area contributed by atoms with Crippen LogP contribution in [-0.2, 0) is 20.8 Å². The van der Waals surface area contributed by atoms with Gasteiger partial charge in [0, 0.05) is 6.42 Å². The van der Waals surface area contributed by atoms with Crippen LogP contribution in [0.15, 0.2) is 24.3 Å². The Morgan fingerprint density at radius 2 is 1.89 bits per heavy atom. The van der Waals surface area contributed by atoms with Crippen molar-refractivity contribution in [2.75, 3.05) is 6.54 Å². The number of aromatic hydroxyl groups is 1. The second-order valence-electron chi connectivity index (χ2n) is 6.65. The van der Waals surface area contributed by atoms with Crippen molar-refractivity contribution in [1.82, 2.24) is 16.0 Å². The number of aliphatic hydroxyl groups excluding tert-OH is 1. The lowest BCUT2D eigenvalue weighted by Crippen LogP contribution is -2.58. The molecule has 0 radical (unpaired) electrons. The number of benzene rings is 1. The monoisotopic (exact) mass is 379 g/mol. The number of phenolic OH excluding ortho intramolecular Hbond substituents is 1. The number of carbonyl (C=O) groups excluding carboxylic acids is 2. The van der Waals surface area contributed by atoms with Gasteiger partial charge in [-0.2, -0.15) is 0 Å². The average Bonchev–Trinajstić information content (AvgIpc) is 3.15. The van der Waals surface area contributed by atoms with E-state index in [4.69, 9.17) is 0 Å². The van der Waals surface area contributed by atoms with Crippen LogP contribution in [0.25, 0.3) is 0 Å². The number of hydrogen-bond donors (Lipinski definition) is 6. The van der Waals surface area contributed by atoms with Crippen molar-refractivity contribution in [3.05, 3.63) is 29.8 Å². The van der Waals surface area contributed by atoms with E-state index in [0.717, 1.165) is 6.42 Å². The molecule has 6 N–H and O–H groups in total. The molecule has 1 aliphatic heterocycles. The van der Waals surface area contributed by atoms with Gasteiger partial charge in [-0.3, -0.25) is 9.59 Å². The molecule has 2 rings (SSSR count). The Kier molecular flexibility index (Phi) is 7.14. The van der Waals surface area contributed by atoms with Crippen LogP contribution in [0.1, 0.15) is 25.3 Å². The lowest BCUT2D eigenvalue weighted by atomic mass is 10.0. The SMILES string of the molecule is C[C@@H](O)[C@H](NC(=O)[C@@H]1CCCN1)C(=O)N[C@@H](Cc1ccc(O)cc1)C(=O)O. The lowest BCUT2D eigenvalue weighted by Gasteiger charge is -2.24. The van der Waals surface area contributed by atoms with Crippen molar-refractivity contribution in [2.45, 2.75) is 50.4 Å². The predicted octanol–water partition coefficient (Wildman–Crippen LogP) is -0.878. The Hall–Kier alpha value is -2.65. The summed E-state index contributed by atoms with van der Waals surface area (Å²) in [6.07, 6.45) is 0.278. The first-order chi connectivity index (χ1) is 12.8. The smallest absolute Gasteiger partial charge is 0.326 e. The van der Waals surface area contributed by atoms with E-state index in [0.29, 0.717) is 18.5 Å². The van der Waals surface area contributed by atoms with Gasteiger partial charge < -0.3 is 31.3 Å². The van der Waals surface area contributed by atoms with Gasteiger partial charge >= 0.3 is 5.97 Å². The third-order valence-electron chi connectivity index (χ3n) is 4.43. The Bertz CT molecular complexity index is 670. The summed E-state index contributed by atoms with van der Waals surface area (Å²) in [5.74, 6) is -2.38. The van der Waals surface area contributed by atoms with Crippen LogP contribution in [0.3, 0.4) is 0 Å². The highest BCUT2D eigenvalue weighted by molar-refractivity contribution is 5.92. The molecule has 9 heteroatoms. The Labute approximate surface area is 156 Å². The van der Waals surface area contributed by atoms with E-state index in [1.165, 1.54) is 19.1 Å². The lowest BCUT2D eigenvalue weighted by molar-refractivity contribution is -0.142. The Morgan fingerprint density at radius 3 is 2.41 bits per heavy atom. The normalized spacial score (nSPS) is 19.7. The van der Waals surface area contributed by atoms with E-state index in [9.17, 15) is 29.7 Å². The number of phenols is 1. The van der Waals surface area contributed by atoms with Crippen LogP contribution in [0, 0.1) is 0 Å². The molecule has 0 aromatic heterocycles. The molecule has 0 spiro atoms. The minimum Gasteiger partial charge on any atom is -0.508 e. The summed E-state index contributed by atoms with van der Waals surface area (Å²) in [7, 11) is 0. The van der Waals surface area contributed by atoms with Gasteiger partial charge in [-0.1, -0.05) is 12.1 Å². The van der Waals surface area contributed by atoms with Gasteiger partial charge in [-0.15, -0.1) is 0 Å². The topological polar surface area (TPSA) is 148 Å². The first-order valence-electron chi connectivity index (χ1n) is 8.81. The maximum atomic E-state index is 12.5. The third kappa shape index (κ3) is 5.93. The van der Waals surface area contributed by atoms with Crippen LogP contribution in [0.2, 0.25) is 0 Å². The molecule has 0 saturated carbocycles. The Morgan fingerprint density at radius 1 is 1.22 bits per heavy atom. The molecular weight excluding hydrogens is 354 g/mol. The maximum absolute atomic E-state index is 12.5. The number of nitrogens with one attached hydrogen (secondary N) is 3. The van der Waals surface area contributed by atoms with Gasteiger partial charge in [-0.25, -0.2) is 4.79 Å². The molecule has 4 atom stereocenters. The largest absolute Gasteiger partial charge is 0.508 e. The molecule has 1 aromatic carbocycles. The summed E-state index contributed by atoms with van der Waals surface area (Å²) in [6, 6.07) is 3.01. The van der Waals surface area contributed by atoms with Gasteiger partial charge in [0.25, 0.3) is 0 Å². The molecule has 9 nitrogen and oxygen atoms in total. The number of aliphatic carboxylic acids is 1. The van der Waals surface area contributed by atoms with Gasteiger partial charge in [0.2, 0.25) is 11.8 Å². The predicted molar refractivity (Wildman–Crippen MR) is 96.0 cm³/mol. The van der Waals surface area contributed by atoms with Crippen LogP contribution in [0.4, 0.5) is 0 Å². The second kappa shape index (κ2) is 9.33. The summed E-state index contributed by atoms with van der Waals surface area (Å²) in [5, 5.41) is 36.4. The van der Waals surface area contributed by atoms with E-state index < -0.39 is 42.0 Å². The highest BCUT2D eigenvalue weighted by Gasteiger charge is 2.32. The van der Waals surface area contributed by atoms with Crippen molar-refractivity contribution in [3.63, 3.8) is 0 Å². The molecule has 0 aliphatic carbocycles. The van der Waals surface area contributed by atoms with Crippen LogP contribution in [0.5, 0.6) is 5.75 Å². The van der Waals surface area contributed by atoms with Crippen molar-refractivity contribution in [2.24, 2.45) is 0 Å². The van der Waals surface area contributed by atoms with Crippen LogP contribution in [-0.4, -0.2) is 63.9 Å². The number of carboxylic acid groups (broad SMARTS) is 1. The van der Waals surface area contributed by atoms with E-state index >= 15 is 0 Å². The quantitative estimate of drug-likeness (QED) is 0.344. The van der Waals surface area contributed by atoms with Gasteiger partial charge in [0.15, 0.2) is 0 Å². The van der Waals surface area contributed by atoms with Crippen molar-refractivity contribution in [3.8, 4) is 5.75 Å². The second-order valence-corrected chi connectivity index (χ2v) is 6.65. The number of hydrogen-bond acceptors (Lipinski definition) is 6. The minimum atomic E-state index is -1.26. The van der Waals surface area contributed by atoms with Gasteiger partial charge in [0.1, 0.15) is 17.8 Å². The fourth-order valence-corrected chi connectivity index (χ4v) is 2.90. The molecule has 1 aliphatic rings. The van der Waals surface area contributed by atoms with Gasteiger partial charge in [0.05, 0.1) is 12.1 Å². The maximum Gasteiger partial charge on any atom is 0.326 e. The molecular formula is C18H25N3O6. The molecule has 1 fully saturated rings. The van der Waals surface area contributed by atoms with Crippen LogP contribution >= 0.6 is 0 Å². The molecule has 27 heavy (non-hydrogen) atoms. The first-order valence-corrected chi connectivity index (χ1v) is 8.81. The number of aliphatic hydroxyl groups is 1. The number of rotatable bonds is 8. The summed E-state index contributed by atoms with van der Waals surface area (Å²) in [4.78, 5) is 36.2. The van der Waals surface area contributed by atoms with E-state index in [1.54, 1.807) is 12.1 Å². The van der Waals surface area contributed by atoms with Crippen molar-refractivity contribution >= 4 is 17.8 Å². The third-order valence-corrected chi connectivity index (χ3v) is 4.43.